The van der Waals surface area contributed by atoms with E-state index >= 15 is 0 Å². The van der Waals surface area contributed by atoms with E-state index in [0.29, 0.717) is 5.92 Å². The molecule has 2 rings (SSSR count). The monoisotopic (exact) mass is 275 g/mol. The third-order valence-electron chi connectivity index (χ3n) is 4.09. The standard InChI is InChI=1S/C16H25N3O/c1-4-19-9-8-14(11-19)10-17-16(20)18-15-12(2)6-5-7-13(15)3/h5-7,14H,4,8-11H2,1-3H3,(H2,17,18,20). The van der Waals surface area contributed by atoms with E-state index in [1.54, 1.807) is 0 Å². The van der Waals surface area contributed by atoms with Crippen LogP contribution < -0.4 is 10.6 Å². The Hall–Kier alpha value is -1.55. The van der Waals surface area contributed by atoms with E-state index in [1.807, 2.05) is 32.0 Å². The number of hydrogen-bond donors (Lipinski definition) is 2. The molecule has 20 heavy (non-hydrogen) atoms. The van der Waals surface area contributed by atoms with Crippen molar-refractivity contribution in [3.63, 3.8) is 0 Å². The summed E-state index contributed by atoms with van der Waals surface area (Å²) < 4.78 is 0. The second-order valence-corrected chi connectivity index (χ2v) is 5.65. The van der Waals surface area contributed by atoms with Gasteiger partial charge >= 0.3 is 6.03 Å². The van der Waals surface area contributed by atoms with E-state index in [1.165, 1.54) is 6.42 Å². The van der Waals surface area contributed by atoms with Gasteiger partial charge in [-0.2, -0.15) is 0 Å². The Kier molecular flexibility index (Phi) is 5.01. The van der Waals surface area contributed by atoms with Crippen molar-refractivity contribution >= 4 is 11.7 Å². The quantitative estimate of drug-likeness (QED) is 0.887. The van der Waals surface area contributed by atoms with Crippen molar-refractivity contribution in [3.05, 3.63) is 29.3 Å². The molecule has 110 valence electrons. The highest BCUT2D eigenvalue weighted by atomic mass is 16.2. The second-order valence-electron chi connectivity index (χ2n) is 5.65. The van der Waals surface area contributed by atoms with E-state index in [-0.39, 0.29) is 6.03 Å². The van der Waals surface area contributed by atoms with Crippen LogP contribution in [0.1, 0.15) is 24.5 Å². The van der Waals surface area contributed by atoms with Crippen molar-refractivity contribution < 1.29 is 4.79 Å². The SMILES string of the molecule is CCN1CCC(CNC(=O)Nc2c(C)cccc2C)C1. The number of aryl methyl sites for hydroxylation is 2. The zero-order chi connectivity index (χ0) is 14.5. The van der Waals surface area contributed by atoms with Gasteiger partial charge in [0.05, 0.1) is 0 Å². The summed E-state index contributed by atoms with van der Waals surface area (Å²) in [5.74, 6) is 0.582. The predicted octanol–water partition coefficient (Wildman–Crippen LogP) is 2.77. The van der Waals surface area contributed by atoms with Gasteiger partial charge in [-0.15, -0.1) is 0 Å². The fourth-order valence-corrected chi connectivity index (χ4v) is 2.77. The van der Waals surface area contributed by atoms with Gasteiger partial charge in [0, 0.05) is 18.8 Å². The molecule has 2 amide bonds. The number of urea groups is 1. The third-order valence-corrected chi connectivity index (χ3v) is 4.09. The van der Waals surface area contributed by atoms with Crippen LogP contribution in [0.4, 0.5) is 10.5 Å². The normalized spacial score (nSPS) is 19.1. The van der Waals surface area contributed by atoms with Crippen LogP contribution in [-0.2, 0) is 0 Å². The molecule has 0 spiro atoms. The summed E-state index contributed by atoms with van der Waals surface area (Å²) in [6.45, 7) is 10.3. The summed E-state index contributed by atoms with van der Waals surface area (Å²) >= 11 is 0. The molecule has 1 fully saturated rings. The molecule has 0 saturated carbocycles. The van der Waals surface area contributed by atoms with Gasteiger partial charge in [0.2, 0.25) is 0 Å². The van der Waals surface area contributed by atoms with Gasteiger partial charge in [-0.1, -0.05) is 25.1 Å². The smallest absolute Gasteiger partial charge is 0.319 e. The largest absolute Gasteiger partial charge is 0.338 e. The molecule has 1 aromatic rings. The van der Waals surface area contributed by atoms with Crippen LogP contribution in [0.5, 0.6) is 0 Å². The third kappa shape index (κ3) is 3.73. The van der Waals surface area contributed by atoms with E-state index in [4.69, 9.17) is 0 Å². The molecule has 0 radical (unpaired) electrons. The highest BCUT2D eigenvalue weighted by Crippen LogP contribution is 2.19. The van der Waals surface area contributed by atoms with Crippen molar-refractivity contribution in [2.75, 3.05) is 31.5 Å². The fraction of sp³-hybridized carbons (Fsp3) is 0.562. The van der Waals surface area contributed by atoms with Crippen LogP contribution in [-0.4, -0.2) is 37.1 Å². The molecule has 1 atom stereocenters. The molecule has 0 bridgehead atoms. The number of likely N-dealkylation sites (tertiary alicyclic amines) is 1. The number of hydrogen-bond acceptors (Lipinski definition) is 2. The molecular weight excluding hydrogens is 250 g/mol. The molecule has 1 heterocycles. The Morgan fingerprint density at radius 3 is 2.65 bits per heavy atom. The summed E-state index contributed by atoms with van der Waals surface area (Å²) in [4.78, 5) is 14.4. The van der Waals surface area contributed by atoms with Crippen LogP contribution in [0.2, 0.25) is 0 Å². The number of carbonyl (C=O) groups is 1. The lowest BCUT2D eigenvalue weighted by Gasteiger charge is -2.15. The molecule has 4 heteroatoms. The number of benzene rings is 1. The van der Waals surface area contributed by atoms with Gasteiger partial charge in [0.1, 0.15) is 0 Å². The fourth-order valence-electron chi connectivity index (χ4n) is 2.77. The Labute approximate surface area is 121 Å². The maximum atomic E-state index is 12.0. The minimum absolute atomic E-state index is 0.0997. The summed E-state index contributed by atoms with van der Waals surface area (Å²) in [7, 11) is 0. The molecule has 4 nitrogen and oxygen atoms in total. The maximum absolute atomic E-state index is 12.0. The number of amides is 2. The molecule has 1 aliphatic heterocycles. The lowest BCUT2D eigenvalue weighted by Crippen LogP contribution is -2.34. The molecule has 1 aromatic carbocycles. The minimum Gasteiger partial charge on any atom is -0.338 e. The summed E-state index contributed by atoms with van der Waals surface area (Å²) in [5.41, 5.74) is 3.11. The summed E-state index contributed by atoms with van der Waals surface area (Å²) in [6, 6.07) is 5.93. The van der Waals surface area contributed by atoms with Crippen molar-refractivity contribution in [1.82, 2.24) is 10.2 Å². The second kappa shape index (κ2) is 6.75. The average molecular weight is 275 g/mol. The Bertz CT molecular complexity index is 453. The molecule has 1 saturated heterocycles. The molecular formula is C16H25N3O. The van der Waals surface area contributed by atoms with Gasteiger partial charge in [0.25, 0.3) is 0 Å². The van der Waals surface area contributed by atoms with Crippen molar-refractivity contribution in [2.45, 2.75) is 27.2 Å². The number of carbonyl (C=O) groups excluding carboxylic acids is 1. The van der Waals surface area contributed by atoms with Crippen LogP contribution >= 0.6 is 0 Å². The van der Waals surface area contributed by atoms with E-state index < -0.39 is 0 Å². The zero-order valence-electron chi connectivity index (χ0n) is 12.7. The first-order valence-corrected chi connectivity index (χ1v) is 7.43. The van der Waals surface area contributed by atoms with Crippen LogP contribution in [0.15, 0.2) is 18.2 Å². The van der Waals surface area contributed by atoms with Gasteiger partial charge in [-0.3, -0.25) is 0 Å². The number of para-hydroxylation sites is 1. The molecule has 0 aliphatic carbocycles. The topological polar surface area (TPSA) is 44.4 Å². The molecule has 1 unspecified atom stereocenters. The van der Waals surface area contributed by atoms with Crippen LogP contribution in [0, 0.1) is 19.8 Å². The Morgan fingerprint density at radius 1 is 1.35 bits per heavy atom. The van der Waals surface area contributed by atoms with Crippen LogP contribution in [0.3, 0.4) is 0 Å². The van der Waals surface area contributed by atoms with Gasteiger partial charge < -0.3 is 15.5 Å². The predicted molar refractivity (Wildman–Crippen MR) is 83.2 cm³/mol. The molecule has 1 aliphatic rings. The highest BCUT2D eigenvalue weighted by molar-refractivity contribution is 5.90. The lowest BCUT2D eigenvalue weighted by atomic mass is 10.1. The van der Waals surface area contributed by atoms with Gasteiger partial charge in [-0.25, -0.2) is 4.79 Å². The Balaban J connectivity index is 1.81. The summed E-state index contributed by atoms with van der Waals surface area (Å²) in [6.07, 6.45) is 1.18. The molecule has 0 aromatic heterocycles. The Morgan fingerprint density at radius 2 is 2.05 bits per heavy atom. The van der Waals surface area contributed by atoms with Gasteiger partial charge in [-0.05, 0) is 50.4 Å². The first-order chi connectivity index (χ1) is 9.60. The van der Waals surface area contributed by atoms with E-state index in [0.717, 1.165) is 43.0 Å². The van der Waals surface area contributed by atoms with E-state index in [9.17, 15) is 4.79 Å². The zero-order valence-corrected chi connectivity index (χ0v) is 12.7. The number of anilines is 1. The number of nitrogens with one attached hydrogen (secondary N) is 2. The number of rotatable bonds is 4. The highest BCUT2D eigenvalue weighted by Gasteiger charge is 2.21. The van der Waals surface area contributed by atoms with Gasteiger partial charge in [0.15, 0.2) is 0 Å². The minimum atomic E-state index is -0.0997. The van der Waals surface area contributed by atoms with Crippen molar-refractivity contribution in [1.29, 1.82) is 0 Å². The first-order valence-electron chi connectivity index (χ1n) is 7.43. The summed E-state index contributed by atoms with van der Waals surface area (Å²) in [5, 5.41) is 5.96. The van der Waals surface area contributed by atoms with E-state index in [2.05, 4.69) is 22.5 Å². The maximum Gasteiger partial charge on any atom is 0.319 e. The molecule has 2 N–H and O–H groups in total. The van der Waals surface area contributed by atoms with Crippen LogP contribution in [0.25, 0.3) is 0 Å². The van der Waals surface area contributed by atoms with Crippen molar-refractivity contribution in [2.24, 2.45) is 5.92 Å². The lowest BCUT2D eigenvalue weighted by molar-refractivity contribution is 0.250. The van der Waals surface area contributed by atoms with Crippen molar-refractivity contribution in [3.8, 4) is 0 Å². The number of nitrogens with zero attached hydrogens (tertiary/aromatic N) is 1. The first kappa shape index (κ1) is 14.9. The average Bonchev–Trinajstić information content (AvgIpc) is 2.89.